The van der Waals surface area contributed by atoms with E-state index in [1.165, 1.54) is 0 Å². The second-order valence-electron chi connectivity index (χ2n) is 12.5. The Morgan fingerprint density at radius 1 is 0.741 bits per heavy atom. The lowest BCUT2D eigenvalue weighted by Crippen LogP contribution is -3.00. The van der Waals surface area contributed by atoms with Crippen LogP contribution in [0.25, 0.3) is 32.7 Å². The number of benzene rings is 6. The van der Waals surface area contributed by atoms with E-state index in [0.29, 0.717) is 48.7 Å². The van der Waals surface area contributed by atoms with Gasteiger partial charge in [-0.3, -0.25) is 9.59 Å². The largest absolute Gasteiger partial charge is 1.00 e. The van der Waals surface area contributed by atoms with E-state index in [4.69, 9.17) is 14.2 Å². The van der Waals surface area contributed by atoms with Crippen molar-refractivity contribution in [2.75, 3.05) is 25.1 Å². The zero-order valence-electron chi connectivity index (χ0n) is 29.8. The number of hydrogen-bond acceptors (Lipinski definition) is 6. The van der Waals surface area contributed by atoms with Gasteiger partial charge in [0.25, 0.3) is 5.91 Å². The van der Waals surface area contributed by atoms with Crippen molar-refractivity contribution in [2.45, 2.75) is 25.5 Å². The van der Waals surface area contributed by atoms with Crippen molar-refractivity contribution in [3.8, 4) is 22.6 Å². The summed E-state index contributed by atoms with van der Waals surface area (Å²) in [6.45, 7) is 4.51. The number of carbonyl (C=O) groups excluding carboxylic acids is 3. The highest BCUT2D eigenvalue weighted by atomic mass is 35.5. The van der Waals surface area contributed by atoms with E-state index in [-0.39, 0.29) is 25.6 Å². The summed E-state index contributed by atoms with van der Waals surface area (Å²) in [7, 11) is 0. The second-order valence-corrected chi connectivity index (χ2v) is 12.5. The van der Waals surface area contributed by atoms with Gasteiger partial charge in [0.15, 0.2) is 6.61 Å². The average molecular weight is 744 g/mol. The fourth-order valence-electron chi connectivity index (χ4n) is 6.16. The molecule has 54 heavy (non-hydrogen) atoms. The summed E-state index contributed by atoms with van der Waals surface area (Å²) in [6.07, 6.45) is 2.67. The number of fused-ring (bicyclic) bond motifs is 2. The van der Waals surface area contributed by atoms with Crippen LogP contribution in [0.3, 0.4) is 0 Å². The molecule has 6 aromatic carbocycles. The Hall–Kier alpha value is -6.16. The van der Waals surface area contributed by atoms with E-state index < -0.39 is 23.8 Å². The Kier molecular flexibility index (Phi) is 13.8. The highest BCUT2D eigenvalue weighted by molar-refractivity contribution is 6.10. The maximum atomic E-state index is 13.5. The van der Waals surface area contributed by atoms with Gasteiger partial charge in [0.1, 0.15) is 30.8 Å². The number of halogens is 1. The molecule has 1 atom stereocenters. The fourth-order valence-corrected chi connectivity index (χ4v) is 6.16. The molecule has 6 rings (SSSR count). The van der Waals surface area contributed by atoms with Gasteiger partial charge < -0.3 is 43.0 Å². The zero-order valence-corrected chi connectivity index (χ0v) is 30.5. The van der Waals surface area contributed by atoms with Crippen molar-refractivity contribution in [1.29, 1.82) is 0 Å². The van der Waals surface area contributed by atoms with Gasteiger partial charge in [-0.15, -0.1) is 0 Å². The van der Waals surface area contributed by atoms with Gasteiger partial charge in [-0.2, -0.15) is 0 Å². The number of esters is 1. The molecule has 10 heteroatoms. The number of nitrogens with one attached hydrogen (secondary N) is 2. The molecule has 276 valence electrons. The maximum Gasteiger partial charge on any atom is 0.338 e. The van der Waals surface area contributed by atoms with Gasteiger partial charge in [-0.05, 0) is 70.3 Å². The number of carbonyl (C=O) groups is 3. The van der Waals surface area contributed by atoms with Gasteiger partial charge in [0.05, 0.1) is 12.1 Å². The van der Waals surface area contributed by atoms with Crippen molar-refractivity contribution >= 4 is 45.0 Å². The van der Waals surface area contributed by atoms with E-state index in [1.54, 1.807) is 30.3 Å². The van der Waals surface area contributed by atoms with Crippen molar-refractivity contribution in [3.63, 3.8) is 0 Å². The Balaban J connectivity index is 0.00000561. The first-order valence-corrected chi connectivity index (χ1v) is 17.6. The lowest BCUT2D eigenvalue weighted by atomic mass is 9.92. The number of rotatable bonds is 16. The van der Waals surface area contributed by atoms with Crippen molar-refractivity contribution in [3.05, 3.63) is 151 Å². The van der Waals surface area contributed by atoms with Gasteiger partial charge in [-0.1, -0.05) is 110 Å². The molecule has 9 nitrogen and oxygen atoms in total. The van der Waals surface area contributed by atoms with Crippen LogP contribution in [0.1, 0.15) is 28.8 Å². The van der Waals surface area contributed by atoms with E-state index in [9.17, 15) is 14.4 Å². The summed E-state index contributed by atoms with van der Waals surface area (Å²) < 4.78 is 17.9. The van der Waals surface area contributed by atoms with E-state index in [0.717, 1.165) is 38.2 Å². The van der Waals surface area contributed by atoms with Crippen LogP contribution in [0, 0.1) is 0 Å². The number of anilines is 1. The van der Waals surface area contributed by atoms with Gasteiger partial charge >= 0.3 is 5.97 Å². The molecule has 0 spiro atoms. The normalized spacial score (nSPS) is 11.2. The minimum atomic E-state index is -0.866. The summed E-state index contributed by atoms with van der Waals surface area (Å²) in [6, 6.07) is 38.8. The van der Waals surface area contributed by atoms with Gasteiger partial charge in [-0.25, -0.2) is 4.79 Å². The van der Waals surface area contributed by atoms with E-state index in [1.807, 2.05) is 103 Å². The number of amides is 2. The molecule has 0 aliphatic heterocycles. The van der Waals surface area contributed by atoms with E-state index in [2.05, 4.69) is 22.9 Å². The Morgan fingerprint density at radius 2 is 1.37 bits per heavy atom. The summed E-state index contributed by atoms with van der Waals surface area (Å²) in [4.78, 5) is 39.8. The summed E-state index contributed by atoms with van der Waals surface area (Å²) in [5, 5.41) is 9.63. The summed E-state index contributed by atoms with van der Waals surface area (Å²) in [5.41, 5.74) is 7.10. The molecule has 0 bridgehead atoms. The molecular formula is C44H42ClN3O6. The smallest absolute Gasteiger partial charge is 0.338 e. The number of hydrogen-bond donors (Lipinski definition) is 3. The summed E-state index contributed by atoms with van der Waals surface area (Å²) >= 11 is 0. The molecule has 0 heterocycles. The Bertz CT molecular complexity index is 2240. The molecule has 0 radical (unpaired) electrons. The van der Waals surface area contributed by atoms with Crippen LogP contribution in [-0.2, 0) is 20.9 Å². The molecule has 0 aliphatic carbocycles. The predicted octanol–water partition coefficient (Wildman–Crippen LogP) is 4.11. The molecule has 0 saturated heterocycles. The minimum absolute atomic E-state index is 0. The molecular weight excluding hydrogens is 702 g/mol. The van der Waals surface area contributed by atoms with Gasteiger partial charge in [0.2, 0.25) is 5.91 Å². The third-order valence-corrected chi connectivity index (χ3v) is 8.72. The summed E-state index contributed by atoms with van der Waals surface area (Å²) in [5.74, 6) is -0.249. The first-order valence-electron chi connectivity index (χ1n) is 17.6. The van der Waals surface area contributed by atoms with Crippen LogP contribution in [0.15, 0.2) is 140 Å². The highest BCUT2D eigenvalue weighted by Crippen LogP contribution is 2.45. The monoisotopic (exact) mass is 743 g/mol. The van der Waals surface area contributed by atoms with E-state index >= 15 is 0 Å². The lowest BCUT2D eigenvalue weighted by molar-refractivity contribution is -0.368. The first-order chi connectivity index (χ1) is 25.9. The zero-order chi connectivity index (χ0) is 37.0. The molecule has 0 aromatic heterocycles. The predicted molar refractivity (Wildman–Crippen MR) is 208 cm³/mol. The van der Waals surface area contributed by atoms with Crippen molar-refractivity contribution < 1.29 is 46.7 Å². The van der Waals surface area contributed by atoms with Crippen molar-refractivity contribution in [2.24, 2.45) is 0 Å². The van der Waals surface area contributed by atoms with Crippen LogP contribution in [0.5, 0.6) is 11.5 Å². The molecule has 5 N–H and O–H groups in total. The fraction of sp³-hybridized carbons (Fsp3) is 0.159. The average Bonchev–Trinajstić information content (AvgIpc) is 3.20. The number of quaternary nitrogens is 1. The quantitative estimate of drug-likeness (QED) is 0.101. The van der Waals surface area contributed by atoms with Crippen molar-refractivity contribution in [1.82, 2.24) is 5.32 Å². The third kappa shape index (κ3) is 9.63. The molecule has 2 amide bonds. The molecule has 0 unspecified atom stereocenters. The Labute approximate surface area is 320 Å². The van der Waals surface area contributed by atoms with Crippen LogP contribution in [0.4, 0.5) is 5.69 Å². The van der Waals surface area contributed by atoms with Crippen LogP contribution in [0.2, 0.25) is 0 Å². The molecule has 0 aliphatic rings. The molecule has 6 aromatic rings. The minimum Gasteiger partial charge on any atom is -1.00 e. The SMILES string of the molecule is C=CCOc1ccc2ccccc2c1-c1c(OCC(=O)N[C@H](CCC[NH3+])C(=O)Nc2cccc(C(=O)OCc3ccccc3)c2)ccc2ccccc12.[Cl-]. The number of ether oxygens (including phenoxy) is 3. The topological polar surface area (TPSA) is 131 Å². The maximum absolute atomic E-state index is 13.5. The third-order valence-electron chi connectivity index (χ3n) is 8.72. The molecule has 0 fully saturated rings. The van der Waals surface area contributed by atoms with Crippen LogP contribution >= 0.6 is 0 Å². The standard InChI is InChI=1S/C44H41N3O6.ClH/c1-2-26-51-38-23-21-31-14-6-8-18-35(31)41(38)42-36-19-9-7-15-32(36)22-24-39(42)52-29-40(48)47-37(20-11-25-45)43(49)46-34-17-10-16-33(27-34)44(50)53-28-30-12-4-3-5-13-30;/h2-10,12-19,21-24,27,37H,1,11,20,25-26,28-29,45H2,(H,46,49)(H,47,48);1H/t37-;/m1./s1. The van der Waals surface area contributed by atoms with Crippen LogP contribution < -0.4 is 38.2 Å². The Morgan fingerprint density at radius 3 is 2.02 bits per heavy atom. The second kappa shape index (κ2) is 19.1. The molecule has 0 saturated carbocycles. The first kappa shape index (κ1) is 39.1. The van der Waals surface area contributed by atoms with Gasteiger partial charge in [0, 0.05) is 16.8 Å². The lowest BCUT2D eigenvalue weighted by Gasteiger charge is -2.21. The van der Waals surface area contributed by atoms with Crippen LogP contribution in [-0.4, -0.2) is 43.6 Å². The highest BCUT2D eigenvalue weighted by Gasteiger charge is 2.23.